The summed E-state index contributed by atoms with van der Waals surface area (Å²) in [7, 11) is 0. The van der Waals surface area contributed by atoms with E-state index in [1.165, 1.54) is 22.6 Å². The van der Waals surface area contributed by atoms with Crippen molar-refractivity contribution >= 4 is 16.5 Å². The van der Waals surface area contributed by atoms with Gasteiger partial charge < -0.3 is 10.6 Å². The van der Waals surface area contributed by atoms with E-state index in [-0.39, 0.29) is 0 Å². The Morgan fingerprint density at radius 2 is 2.15 bits per heavy atom. The summed E-state index contributed by atoms with van der Waals surface area (Å²) in [5.41, 5.74) is 8.43. The number of thiazole rings is 1. The van der Waals surface area contributed by atoms with Crippen LogP contribution in [0, 0.1) is 0 Å². The molecule has 2 N–H and O–H groups in total. The van der Waals surface area contributed by atoms with Crippen molar-refractivity contribution in [2.45, 2.75) is 32.2 Å². The van der Waals surface area contributed by atoms with E-state index in [9.17, 15) is 0 Å². The zero-order valence-corrected chi connectivity index (χ0v) is 12.7. The summed E-state index contributed by atoms with van der Waals surface area (Å²) in [5.74, 6) is 0.631. The maximum absolute atomic E-state index is 5.81. The number of aryl methyl sites for hydroxylation is 1. The summed E-state index contributed by atoms with van der Waals surface area (Å²) in [4.78, 5) is 8.43. The highest BCUT2D eigenvalue weighted by Gasteiger charge is 2.26. The van der Waals surface area contributed by atoms with Crippen LogP contribution in [0.1, 0.15) is 35.4 Å². The Morgan fingerprint density at radius 1 is 1.35 bits per heavy atom. The largest absolute Gasteiger partial charge is 0.347 e. The fourth-order valence-corrected chi connectivity index (χ4v) is 3.93. The molecule has 0 saturated carbocycles. The Balaban J connectivity index is 1.75. The van der Waals surface area contributed by atoms with Crippen molar-refractivity contribution in [3.63, 3.8) is 0 Å². The number of nitrogens with two attached hydrogens (primary N) is 1. The third kappa shape index (κ3) is 2.58. The number of hydrogen-bond acceptors (Lipinski definition) is 4. The highest BCUT2D eigenvalue weighted by atomic mass is 32.1. The number of aromatic nitrogens is 1. The van der Waals surface area contributed by atoms with Crippen LogP contribution >= 0.6 is 11.3 Å². The highest BCUT2D eigenvalue weighted by molar-refractivity contribution is 7.15. The zero-order chi connectivity index (χ0) is 13.9. The molecule has 20 heavy (non-hydrogen) atoms. The Kier molecular flexibility index (Phi) is 4.03. The number of rotatable bonds is 4. The van der Waals surface area contributed by atoms with Gasteiger partial charge in [-0.2, -0.15) is 0 Å². The molecule has 0 aliphatic carbocycles. The van der Waals surface area contributed by atoms with Gasteiger partial charge in [-0.3, -0.25) is 0 Å². The number of hydrogen-bond donors (Lipinski definition) is 1. The first kappa shape index (κ1) is 13.6. The lowest BCUT2D eigenvalue weighted by atomic mass is 9.99. The van der Waals surface area contributed by atoms with E-state index in [4.69, 9.17) is 10.7 Å². The van der Waals surface area contributed by atoms with Gasteiger partial charge in [0.15, 0.2) is 5.13 Å². The first-order valence-corrected chi connectivity index (χ1v) is 8.12. The van der Waals surface area contributed by atoms with Gasteiger partial charge in [-0.05, 0) is 18.4 Å². The molecule has 2 aromatic rings. The molecule has 1 aliphatic rings. The molecule has 1 atom stereocenters. The van der Waals surface area contributed by atoms with E-state index in [0.29, 0.717) is 12.5 Å². The van der Waals surface area contributed by atoms with Crippen LogP contribution in [-0.2, 0) is 13.0 Å². The molecule has 0 bridgehead atoms. The van der Waals surface area contributed by atoms with Gasteiger partial charge in [0.25, 0.3) is 0 Å². The average Bonchev–Trinajstić information content (AvgIpc) is 3.14. The van der Waals surface area contributed by atoms with Crippen molar-refractivity contribution in [2.75, 3.05) is 18.0 Å². The van der Waals surface area contributed by atoms with Gasteiger partial charge in [-0.25, -0.2) is 4.98 Å². The van der Waals surface area contributed by atoms with Crippen LogP contribution in [0.4, 0.5) is 5.13 Å². The van der Waals surface area contributed by atoms with Crippen LogP contribution in [0.3, 0.4) is 0 Å². The van der Waals surface area contributed by atoms with Crippen LogP contribution in [0.5, 0.6) is 0 Å². The highest BCUT2D eigenvalue weighted by Crippen LogP contribution is 2.34. The van der Waals surface area contributed by atoms with Crippen LogP contribution < -0.4 is 10.6 Å². The lowest BCUT2D eigenvalue weighted by Gasteiger charge is -2.15. The maximum atomic E-state index is 5.81. The third-order valence-corrected chi connectivity index (χ3v) is 5.20. The van der Waals surface area contributed by atoms with Gasteiger partial charge in [-0.15, -0.1) is 11.3 Å². The van der Waals surface area contributed by atoms with Crippen molar-refractivity contribution in [1.82, 2.24) is 4.98 Å². The van der Waals surface area contributed by atoms with Crippen molar-refractivity contribution in [1.29, 1.82) is 0 Å². The molecule has 1 aliphatic heterocycles. The molecule has 1 fully saturated rings. The van der Waals surface area contributed by atoms with Gasteiger partial charge in [0.05, 0.1) is 5.69 Å². The molecule has 106 valence electrons. The summed E-state index contributed by atoms with van der Waals surface area (Å²) in [6, 6.07) is 10.8. The summed E-state index contributed by atoms with van der Waals surface area (Å²) < 4.78 is 0. The smallest absolute Gasteiger partial charge is 0.185 e. The van der Waals surface area contributed by atoms with Crippen molar-refractivity contribution in [2.24, 2.45) is 5.73 Å². The molecule has 0 spiro atoms. The van der Waals surface area contributed by atoms with E-state index in [0.717, 1.165) is 24.6 Å². The predicted molar refractivity (Wildman–Crippen MR) is 85.4 cm³/mol. The quantitative estimate of drug-likeness (QED) is 0.939. The molecular formula is C16H21N3S. The summed E-state index contributed by atoms with van der Waals surface area (Å²) in [6.45, 7) is 4.93. The van der Waals surface area contributed by atoms with Gasteiger partial charge >= 0.3 is 0 Å². The van der Waals surface area contributed by atoms with Crippen LogP contribution in [0.25, 0.3) is 0 Å². The average molecular weight is 287 g/mol. The Morgan fingerprint density at radius 3 is 2.80 bits per heavy atom. The van der Waals surface area contributed by atoms with Gasteiger partial charge in [0.2, 0.25) is 0 Å². The van der Waals surface area contributed by atoms with Crippen molar-refractivity contribution in [3.8, 4) is 0 Å². The predicted octanol–water partition coefficient (Wildman–Crippen LogP) is 3.16. The van der Waals surface area contributed by atoms with E-state index in [1.54, 1.807) is 11.3 Å². The van der Waals surface area contributed by atoms with Gasteiger partial charge in [-0.1, -0.05) is 37.3 Å². The molecule has 3 nitrogen and oxygen atoms in total. The van der Waals surface area contributed by atoms with Gasteiger partial charge in [0, 0.05) is 30.4 Å². The van der Waals surface area contributed by atoms with Crippen LogP contribution in [0.2, 0.25) is 0 Å². The topological polar surface area (TPSA) is 42.2 Å². The number of benzene rings is 1. The first-order chi connectivity index (χ1) is 9.81. The molecule has 2 heterocycles. The second-order valence-electron chi connectivity index (χ2n) is 5.27. The Labute approximate surface area is 124 Å². The van der Waals surface area contributed by atoms with E-state index < -0.39 is 0 Å². The summed E-state index contributed by atoms with van der Waals surface area (Å²) in [5, 5.41) is 1.15. The van der Waals surface area contributed by atoms with Crippen LogP contribution in [0.15, 0.2) is 30.3 Å². The molecule has 1 aromatic heterocycles. The lowest BCUT2D eigenvalue weighted by molar-refractivity contribution is 0.775. The minimum absolute atomic E-state index is 0.608. The standard InChI is InChI=1S/C16H21N3S/c1-2-14-15(10-17)20-16(18-14)19-9-8-13(11-19)12-6-4-3-5-7-12/h3-7,13H,2,8-11,17H2,1H3. The van der Waals surface area contributed by atoms with E-state index in [2.05, 4.69) is 42.2 Å². The lowest BCUT2D eigenvalue weighted by Crippen LogP contribution is -2.18. The molecule has 4 heteroatoms. The molecule has 0 radical (unpaired) electrons. The molecule has 1 saturated heterocycles. The zero-order valence-electron chi connectivity index (χ0n) is 11.9. The van der Waals surface area contributed by atoms with Crippen LogP contribution in [-0.4, -0.2) is 18.1 Å². The molecule has 1 aromatic carbocycles. The minimum Gasteiger partial charge on any atom is -0.347 e. The Bertz CT molecular complexity index is 543. The Hall–Kier alpha value is -1.39. The monoisotopic (exact) mass is 287 g/mol. The minimum atomic E-state index is 0.608. The first-order valence-electron chi connectivity index (χ1n) is 7.30. The van der Waals surface area contributed by atoms with E-state index >= 15 is 0 Å². The fourth-order valence-electron chi connectivity index (χ4n) is 2.87. The second kappa shape index (κ2) is 5.94. The third-order valence-electron chi connectivity index (χ3n) is 4.02. The van der Waals surface area contributed by atoms with Crippen molar-refractivity contribution in [3.05, 3.63) is 46.5 Å². The SMILES string of the molecule is CCc1nc(N2CCC(c3ccccc3)C2)sc1CN. The molecule has 1 unspecified atom stereocenters. The second-order valence-corrected chi connectivity index (χ2v) is 6.33. The van der Waals surface area contributed by atoms with Crippen molar-refractivity contribution < 1.29 is 0 Å². The van der Waals surface area contributed by atoms with E-state index in [1.807, 2.05) is 0 Å². The maximum Gasteiger partial charge on any atom is 0.185 e. The molecule has 3 rings (SSSR count). The normalized spacial score (nSPS) is 18.7. The number of nitrogens with zero attached hydrogens (tertiary/aromatic N) is 2. The molecule has 0 amide bonds. The fraction of sp³-hybridized carbons (Fsp3) is 0.438. The van der Waals surface area contributed by atoms with Gasteiger partial charge in [0.1, 0.15) is 0 Å². The molecular weight excluding hydrogens is 266 g/mol. The summed E-state index contributed by atoms with van der Waals surface area (Å²) in [6.07, 6.45) is 2.18. The number of anilines is 1. The summed E-state index contributed by atoms with van der Waals surface area (Å²) >= 11 is 1.77.